The van der Waals surface area contributed by atoms with Gasteiger partial charge in [-0.2, -0.15) is 0 Å². The van der Waals surface area contributed by atoms with E-state index in [9.17, 15) is 4.79 Å². The minimum atomic E-state index is -0.470. The van der Waals surface area contributed by atoms with Gasteiger partial charge in [0.15, 0.2) is 17.2 Å². The van der Waals surface area contributed by atoms with Crippen molar-refractivity contribution >= 4 is 17.9 Å². The molecule has 1 heterocycles. The average Bonchev–Trinajstić information content (AvgIpc) is 3.02. The number of esters is 1. The molecule has 0 bridgehead atoms. The fourth-order valence-corrected chi connectivity index (χ4v) is 2.64. The molecule has 3 rings (SSSR count). The highest BCUT2D eigenvalue weighted by atomic mass is 16.6. The molecule has 0 N–H and O–H groups in total. The quantitative estimate of drug-likeness (QED) is 0.599. The zero-order chi connectivity index (χ0) is 18.7. The van der Waals surface area contributed by atoms with Crippen LogP contribution in [0.25, 0.3) is 6.08 Å². The normalized spacial score (nSPS) is 15.2. The molecule has 2 aromatic rings. The second kappa shape index (κ2) is 7.44. The predicted molar refractivity (Wildman–Crippen MR) is 101 cm³/mol. The van der Waals surface area contributed by atoms with Crippen molar-refractivity contribution < 1.29 is 19.0 Å². The third-order valence-electron chi connectivity index (χ3n) is 4.16. The van der Waals surface area contributed by atoms with Gasteiger partial charge in [0, 0.05) is 5.56 Å². The molecule has 1 aliphatic heterocycles. The van der Waals surface area contributed by atoms with Crippen LogP contribution in [-0.4, -0.2) is 26.1 Å². The van der Waals surface area contributed by atoms with Crippen molar-refractivity contribution in [1.82, 2.24) is 0 Å². The van der Waals surface area contributed by atoms with E-state index in [2.05, 4.69) is 31.0 Å². The molecule has 5 heteroatoms. The fourth-order valence-electron chi connectivity index (χ4n) is 2.64. The second-order valence-electron chi connectivity index (χ2n) is 6.23. The predicted octanol–water partition coefficient (Wildman–Crippen LogP) is 4.17. The van der Waals surface area contributed by atoms with E-state index in [0.29, 0.717) is 23.0 Å². The van der Waals surface area contributed by atoms with E-state index in [1.807, 2.05) is 12.1 Å². The first-order valence-corrected chi connectivity index (χ1v) is 8.36. The molecule has 5 nitrogen and oxygen atoms in total. The molecule has 0 unspecified atom stereocenters. The Hall–Kier alpha value is -3.08. The van der Waals surface area contributed by atoms with Crippen LogP contribution in [0.1, 0.15) is 36.5 Å². The molecule has 2 aromatic carbocycles. The number of ether oxygens (including phenoxy) is 3. The van der Waals surface area contributed by atoms with Gasteiger partial charge in [0.05, 0.1) is 14.2 Å². The van der Waals surface area contributed by atoms with Gasteiger partial charge < -0.3 is 14.2 Å². The summed E-state index contributed by atoms with van der Waals surface area (Å²) in [5, 5.41) is 0. The standard InChI is InChI=1S/C21H21NO4/c1-13(2)15-7-5-14(6-8-15)11-17-21(23)26-20(22-17)16-9-10-18(24-3)19(12-16)25-4/h5-13H,1-4H3. The maximum absolute atomic E-state index is 12.2. The van der Waals surface area contributed by atoms with E-state index >= 15 is 0 Å². The number of hydrogen-bond donors (Lipinski definition) is 0. The van der Waals surface area contributed by atoms with Gasteiger partial charge in [0.1, 0.15) is 0 Å². The van der Waals surface area contributed by atoms with E-state index in [1.54, 1.807) is 38.5 Å². The lowest BCUT2D eigenvalue weighted by Gasteiger charge is -2.08. The van der Waals surface area contributed by atoms with Gasteiger partial charge in [-0.05, 0) is 41.3 Å². The molecular weight excluding hydrogens is 330 g/mol. The van der Waals surface area contributed by atoms with Gasteiger partial charge in [-0.1, -0.05) is 38.1 Å². The zero-order valence-electron chi connectivity index (χ0n) is 15.3. The van der Waals surface area contributed by atoms with Crippen molar-refractivity contribution in [2.24, 2.45) is 4.99 Å². The third-order valence-corrected chi connectivity index (χ3v) is 4.16. The maximum Gasteiger partial charge on any atom is 0.363 e. The van der Waals surface area contributed by atoms with Gasteiger partial charge in [0.2, 0.25) is 5.90 Å². The molecule has 1 aliphatic rings. The molecular formula is C21H21NO4. The van der Waals surface area contributed by atoms with Crippen molar-refractivity contribution in [3.8, 4) is 11.5 Å². The van der Waals surface area contributed by atoms with Crippen molar-refractivity contribution in [3.05, 3.63) is 64.9 Å². The fraction of sp³-hybridized carbons (Fsp3) is 0.238. The lowest BCUT2D eigenvalue weighted by Crippen LogP contribution is -2.06. The first-order chi connectivity index (χ1) is 12.5. The Morgan fingerprint density at radius 2 is 1.69 bits per heavy atom. The first-order valence-electron chi connectivity index (χ1n) is 8.36. The number of aliphatic imine (C=N–C) groups is 1. The van der Waals surface area contributed by atoms with Crippen LogP contribution in [0.4, 0.5) is 0 Å². The highest BCUT2D eigenvalue weighted by molar-refractivity contribution is 6.13. The number of carbonyl (C=O) groups is 1. The number of carbonyl (C=O) groups excluding carboxylic acids is 1. The summed E-state index contributed by atoms with van der Waals surface area (Å²) in [6.45, 7) is 4.28. The van der Waals surface area contributed by atoms with E-state index in [0.717, 1.165) is 5.56 Å². The summed E-state index contributed by atoms with van der Waals surface area (Å²) in [6, 6.07) is 13.3. The molecule has 0 saturated carbocycles. The second-order valence-corrected chi connectivity index (χ2v) is 6.23. The van der Waals surface area contributed by atoms with Crippen molar-refractivity contribution in [2.75, 3.05) is 14.2 Å². The summed E-state index contributed by atoms with van der Waals surface area (Å²) in [5.74, 6) is 1.39. The van der Waals surface area contributed by atoms with E-state index in [4.69, 9.17) is 14.2 Å². The summed E-state index contributed by atoms with van der Waals surface area (Å²) >= 11 is 0. The minimum Gasteiger partial charge on any atom is -0.493 e. The maximum atomic E-state index is 12.2. The molecule has 0 saturated heterocycles. The lowest BCUT2D eigenvalue weighted by molar-refractivity contribution is -0.129. The summed E-state index contributed by atoms with van der Waals surface area (Å²) in [4.78, 5) is 16.5. The van der Waals surface area contributed by atoms with E-state index < -0.39 is 5.97 Å². The van der Waals surface area contributed by atoms with Gasteiger partial charge in [-0.15, -0.1) is 0 Å². The molecule has 0 aromatic heterocycles. The Labute approximate surface area is 152 Å². The third kappa shape index (κ3) is 3.61. The summed E-state index contributed by atoms with van der Waals surface area (Å²) < 4.78 is 15.8. The highest BCUT2D eigenvalue weighted by Gasteiger charge is 2.25. The van der Waals surface area contributed by atoms with Crippen LogP contribution in [-0.2, 0) is 9.53 Å². The van der Waals surface area contributed by atoms with Gasteiger partial charge in [-0.25, -0.2) is 9.79 Å². The Bertz CT molecular complexity index is 879. The van der Waals surface area contributed by atoms with Crippen molar-refractivity contribution in [3.63, 3.8) is 0 Å². The van der Waals surface area contributed by atoms with Crippen LogP contribution in [0.15, 0.2) is 53.2 Å². The zero-order valence-corrected chi connectivity index (χ0v) is 15.3. The Kier molecular flexibility index (Phi) is 5.07. The Morgan fingerprint density at radius 3 is 2.31 bits per heavy atom. The SMILES string of the molecule is COc1ccc(C2=NC(=Cc3ccc(C(C)C)cc3)C(=O)O2)cc1OC. The van der Waals surface area contributed by atoms with Gasteiger partial charge in [0.25, 0.3) is 0 Å². The smallest absolute Gasteiger partial charge is 0.363 e. The van der Waals surface area contributed by atoms with Crippen LogP contribution >= 0.6 is 0 Å². The van der Waals surface area contributed by atoms with Crippen LogP contribution in [0, 0.1) is 0 Å². The Morgan fingerprint density at radius 1 is 1.00 bits per heavy atom. The number of nitrogens with zero attached hydrogens (tertiary/aromatic N) is 1. The topological polar surface area (TPSA) is 57.1 Å². The number of rotatable bonds is 5. The molecule has 0 amide bonds. The molecule has 134 valence electrons. The average molecular weight is 351 g/mol. The summed E-state index contributed by atoms with van der Waals surface area (Å²) in [5.41, 5.74) is 3.07. The largest absolute Gasteiger partial charge is 0.493 e. The van der Waals surface area contributed by atoms with Crippen molar-refractivity contribution in [2.45, 2.75) is 19.8 Å². The molecule has 0 radical (unpaired) electrons. The number of cyclic esters (lactones) is 1. The van der Waals surface area contributed by atoms with Crippen molar-refractivity contribution in [1.29, 1.82) is 0 Å². The highest BCUT2D eigenvalue weighted by Crippen LogP contribution is 2.29. The van der Waals surface area contributed by atoms with Crippen LogP contribution in [0.2, 0.25) is 0 Å². The molecule has 0 spiro atoms. The monoisotopic (exact) mass is 351 g/mol. The summed E-state index contributed by atoms with van der Waals surface area (Å²) in [6.07, 6.45) is 1.72. The van der Waals surface area contributed by atoms with E-state index in [1.165, 1.54) is 5.56 Å². The summed E-state index contributed by atoms with van der Waals surface area (Å²) in [7, 11) is 3.12. The minimum absolute atomic E-state index is 0.251. The van der Waals surface area contributed by atoms with Crippen LogP contribution in [0.3, 0.4) is 0 Å². The van der Waals surface area contributed by atoms with Crippen LogP contribution in [0.5, 0.6) is 11.5 Å². The van der Waals surface area contributed by atoms with Gasteiger partial charge >= 0.3 is 5.97 Å². The number of methoxy groups -OCH3 is 2. The number of benzene rings is 2. The lowest BCUT2D eigenvalue weighted by atomic mass is 10.0. The molecule has 26 heavy (non-hydrogen) atoms. The van der Waals surface area contributed by atoms with Gasteiger partial charge in [-0.3, -0.25) is 0 Å². The van der Waals surface area contributed by atoms with Crippen LogP contribution < -0.4 is 9.47 Å². The molecule has 0 atom stereocenters. The number of hydrogen-bond acceptors (Lipinski definition) is 5. The van der Waals surface area contributed by atoms with E-state index in [-0.39, 0.29) is 11.6 Å². The Balaban J connectivity index is 1.89. The first kappa shape index (κ1) is 17.7. The molecule has 0 fully saturated rings. The molecule has 0 aliphatic carbocycles.